The van der Waals surface area contributed by atoms with Crippen molar-refractivity contribution in [3.05, 3.63) is 102 Å². The minimum atomic E-state index is 0.390. The second-order valence-corrected chi connectivity index (χ2v) is 6.36. The van der Waals surface area contributed by atoms with E-state index in [1.165, 1.54) is 32.7 Å². The van der Waals surface area contributed by atoms with E-state index in [1.54, 1.807) is 0 Å². The lowest BCUT2D eigenvalue weighted by molar-refractivity contribution is 0.976. The first-order chi connectivity index (χ1) is 11.8. The van der Waals surface area contributed by atoms with E-state index >= 15 is 0 Å². The van der Waals surface area contributed by atoms with Crippen molar-refractivity contribution in [3.63, 3.8) is 0 Å². The number of rotatable bonds is 3. The van der Waals surface area contributed by atoms with E-state index in [0.29, 0.717) is 5.92 Å². The molecule has 0 saturated carbocycles. The molecule has 1 atom stereocenters. The van der Waals surface area contributed by atoms with Crippen LogP contribution < -0.4 is 0 Å². The summed E-state index contributed by atoms with van der Waals surface area (Å²) in [6, 6.07) is 30.4. The van der Waals surface area contributed by atoms with Crippen LogP contribution >= 0.6 is 0 Å². The summed E-state index contributed by atoms with van der Waals surface area (Å²) in [5.41, 5.74) is 2.60. The Hall–Kier alpha value is -2.86. The van der Waals surface area contributed by atoms with Crippen LogP contribution in [0.15, 0.2) is 91.0 Å². The summed E-state index contributed by atoms with van der Waals surface area (Å²) in [7, 11) is 0. The number of fused-ring (bicyclic) bond motifs is 2. The molecule has 0 heteroatoms. The van der Waals surface area contributed by atoms with Gasteiger partial charge in [-0.1, -0.05) is 97.9 Å². The second kappa shape index (κ2) is 6.33. The minimum absolute atomic E-state index is 0.390. The summed E-state index contributed by atoms with van der Waals surface area (Å²) >= 11 is 0. The Morgan fingerprint density at radius 3 is 1.92 bits per heavy atom. The molecule has 1 unspecified atom stereocenters. The molecule has 116 valence electrons. The van der Waals surface area contributed by atoms with Crippen LogP contribution in [0, 0.1) is 0 Å². The molecule has 0 spiro atoms. The van der Waals surface area contributed by atoms with E-state index in [4.69, 9.17) is 0 Å². The normalized spacial score (nSPS) is 12.9. The lowest BCUT2D eigenvalue weighted by Crippen LogP contribution is -1.89. The zero-order valence-corrected chi connectivity index (χ0v) is 13.8. The zero-order chi connectivity index (χ0) is 16.4. The molecule has 0 fully saturated rings. The molecule has 0 aliphatic rings. The molecule has 0 saturated heterocycles. The summed E-state index contributed by atoms with van der Waals surface area (Å²) < 4.78 is 0. The lowest BCUT2D eigenvalue weighted by Gasteiger charge is -2.08. The van der Waals surface area contributed by atoms with Gasteiger partial charge in [0.05, 0.1) is 0 Å². The second-order valence-electron chi connectivity index (χ2n) is 6.36. The fraction of sp³-hybridized carbons (Fsp3) is 0.0833. The Bertz CT molecular complexity index is 1020. The highest BCUT2D eigenvalue weighted by atomic mass is 14.1. The fourth-order valence-corrected chi connectivity index (χ4v) is 3.17. The van der Waals surface area contributed by atoms with Gasteiger partial charge in [0, 0.05) is 0 Å². The van der Waals surface area contributed by atoms with Gasteiger partial charge in [-0.2, -0.15) is 0 Å². The van der Waals surface area contributed by atoms with E-state index in [-0.39, 0.29) is 0 Å². The Morgan fingerprint density at radius 2 is 1.21 bits per heavy atom. The van der Waals surface area contributed by atoms with Gasteiger partial charge in [0.1, 0.15) is 0 Å². The van der Waals surface area contributed by atoms with E-state index in [2.05, 4.69) is 104 Å². The summed E-state index contributed by atoms with van der Waals surface area (Å²) in [6.45, 7) is 2.25. The van der Waals surface area contributed by atoms with Crippen molar-refractivity contribution in [3.8, 4) is 0 Å². The third kappa shape index (κ3) is 2.96. The maximum absolute atomic E-state index is 2.30. The molecular formula is C24H20. The molecule has 0 nitrogen and oxygen atoms in total. The number of hydrogen-bond donors (Lipinski definition) is 0. The highest BCUT2D eigenvalue weighted by Gasteiger charge is 2.03. The maximum Gasteiger partial charge on any atom is -0.000688 e. The van der Waals surface area contributed by atoms with Gasteiger partial charge in [-0.15, -0.1) is 0 Å². The Balaban J connectivity index is 1.60. The van der Waals surface area contributed by atoms with Gasteiger partial charge in [-0.05, 0) is 44.7 Å². The van der Waals surface area contributed by atoms with Crippen molar-refractivity contribution in [2.75, 3.05) is 0 Å². The number of allylic oxidation sites excluding steroid dienone is 1. The molecule has 0 bridgehead atoms. The Morgan fingerprint density at radius 1 is 0.625 bits per heavy atom. The Kier molecular flexibility index (Phi) is 3.88. The molecule has 0 radical (unpaired) electrons. The third-order valence-electron chi connectivity index (χ3n) is 4.65. The van der Waals surface area contributed by atoms with E-state index in [1.807, 2.05) is 0 Å². The highest BCUT2D eigenvalue weighted by Crippen LogP contribution is 2.24. The number of benzene rings is 4. The highest BCUT2D eigenvalue weighted by molar-refractivity contribution is 5.85. The van der Waals surface area contributed by atoms with Gasteiger partial charge in [-0.25, -0.2) is 0 Å². The van der Waals surface area contributed by atoms with Crippen molar-refractivity contribution in [1.29, 1.82) is 0 Å². The van der Waals surface area contributed by atoms with Crippen LogP contribution in [0.2, 0.25) is 0 Å². The van der Waals surface area contributed by atoms with Gasteiger partial charge in [0.2, 0.25) is 0 Å². The van der Waals surface area contributed by atoms with Crippen LogP contribution in [0.4, 0.5) is 0 Å². The lowest BCUT2D eigenvalue weighted by atomic mass is 9.96. The van der Waals surface area contributed by atoms with Crippen LogP contribution in [0.5, 0.6) is 0 Å². The van der Waals surface area contributed by atoms with Crippen LogP contribution in [-0.2, 0) is 0 Å². The standard InChI is InChI=1S/C24H20/c1-18(22-15-14-21-7-3-5-9-24(21)17-22)10-11-19-12-13-20-6-2-4-8-23(20)16-19/h2-18H,1H3/b11-10+. The molecular weight excluding hydrogens is 288 g/mol. The van der Waals surface area contributed by atoms with Gasteiger partial charge in [0.25, 0.3) is 0 Å². The van der Waals surface area contributed by atoms with E-state index < -0.39 is 0 Å². The molecule has 0 aromatic heterocycles. The van der Waals surface area contributed by atoms with Crippen molar-refractivity contribution >= 4 is 27.6 Å². The SMILES string of the molecule is CC(/C=C/c1ccc2ccccc2c1)c1ccc2ccccc2c1. The van der Waals surface area contributed by atoms with Crippen molar-refractivity contribution in [2.45, 2.75) is 12.8 Å². The van der Waals surface area contributed by atoms with E-state index in [0.717, 1.165) is 0 Å². The molecule has 0 aliphatic carbocycles. The summed E-state index contributed by atoms with van der Waals surface area (Å²) in [6.07, 6.45) is 4.51. The predicted molar refractivity (Wildman–Crippen MR) is 105 cm³/mol. The van der Waals surface area contributed by atoms with Gasteiger partial charge >= 0.3 is 0 Å². The molecule has 4 aromatic rings. The van der Waals surface area contributed by atoms with Crippen LogP contribution in [-0.4, -0.2) is 0 Å². The van der Waals surface area contributed by atoms with Crippen molar-refractivity contribution in [1.82, 2.24) is 0 Å². The monoisotopic (exact) mass is 308 g/mol. The molecule has 0 aliphatic heterocycles. The first-order valence-corrected chi connectivity index (χ1v) is 8.45. The van der Waals surface area contributed by atoms with Crippen LogP contribution in [0.1, 0.15) is 24.0 Å². The first-order valence-electron chi connectivity index (χ1n) is 8.45. The van der Waals surface area contributed by atoms with Crippen molar-refractivity contribution < 1.29 is 0 Å². The molecule has 24 heavy (non-hydrogen) atoms. The maximum atomic E-state index is 2.30. The molecule has 0 amide bonds. The Labute approximate surface area is 143 Å². The van der Waals surface area contributed by atoms with Crippen LogP contribution in [0.25, 0.3) is 27.6 Å². The van der Waals surface area contributed by atoms with Gasteiger partial charge in [-0.3, -0.25) is 0 Å². The smallest absolute Gasteiger partial charge is 0.000688 e. The number of hydrogen-bond acceptors (Lipinski definition) is 0. The van der Waals surface area contributed by atoms with Crippen molar-refractivity contribution in [2.24, 2.45) is 0 Å². The molecule has 4 aromatic carbocycles. The summed E-state index contributed by atoms with van der Waals surface area (Å²) in [4.78, 5) is 0. The molecule has 4 rings (SSSR count). The van der Waals surface area contributed by atoms with E-state index in [9.17, 15) is 0 Å². The van der Waals surface area contributed by atoms with Gasteiger partial charge < -0.3 is 0 Å². The third-order valence-corrected chi connectivity index (χ3v) is 4.65. The predicted octanol–water partition coefficient (Wildman–Crippen LogP) is 6.81. The zero-order valence-electron chi connectivity index (χ0n) is 13.8. The average molecular weight is 308 g/mol. The quantitative estimate of drug-likeness (QED) is 0.390. The topological polar surface area (TPSA) is 0 Å². The molecule has 0 heterocycles. The fourth-order valence-electron chi connectivity index (χ4n) is 3.17. The average Bonchev–Trinajstić information content (AvgIpc) is 2.65. The minimum Gasteiger partial charge on any atom is -0.0767 e. The molecule has 0 N–H and O–H groups in total. The summed E-state index contributed by atoms with van der Waals surface area (Å²) in [5, 5.41) is 5.18. The summed E-state index contributed by atoms with van der Waals surface area (Å²) in [5.74, 6) is 0.390. The largest absolute Gasteiger partial charge is 0.0767 e. The van der Waals surface area contributed by atoms with Crippen LogP contribution in [0.3, 0.4) is 0 Å². The van der Waals surface area contributed by atoms with Gasteiger partial charge in [0.15, 0.2) is 0 Å². The first kappa shape index (κ1) is 14.7.